The molecule has 13 heteroatoms. The summed E-state index contributed by atoms with van der Waals surface area (Å²) in [6.07, 6.45) is 1.15. The number of nitrogens with zero attached hydrogens (tertiary/aromatic N) is 4. The Hall–Kier alpha value is -3.87. The van der Waals surface area contributed by atoms with Crippen molar-refractivity contribution in [3.8, 4) is 5.75 Å². The molecule has 2 amide bonds. The molecule has 2 aromatic heterocycles. The number of hydrogen-bond acceptors (Lipinski definition) is 7. The fourth-order valence-corrected chi connectivity index (χ4v) is 4.63. The first-order chi connectivity index (χ1) is 18.6. The number of primary amides is 1. The number of nitrogens with one attached hydrogen (secondary N) is 1. The van der Waals surface area contributed by atoms with Gasteiger partial charge in [-0.1, -0.05) is 6.07 Å². The van der Waals surface area contributed by atoms with E-state index >= 15 is 0 Å². The van der Waals surface area contributed by atoms with Gasteiger partial charge in [0.1, 0.15) is 17.1 Å². The fourth-order valence-electron chi connectivity index (χ4n) is 4.63. The Morgan fingerprint density at radius 3 is 2.62 bits per heavy atom. The number of carbonyl (C=O) groups is 2. The third-order valence-electron chi connectivity index (χ3n) is 6.66. The number of likely N-dealkylation sites (tertiary alicyclic amines) is 1. The smallest absolute Gasteiger partial charge is 0.433 e. The Labute approximate surface area is 223 Å². The first kappa shape index (κ1) is 28.1. The predicted octanol–water partition coefficient (Wildman–Crippen LogP) is 4.61. The molecule has 0 radical (unpaired) electrons. The molecule has 1 aliphatic rings. The summed E-state index contributed by atoms with van der Waals surface area (Å²) in [6.45, 7) is 3.20. The van der Waals surface area contributed by atoms with E-state index in [0.717, 1.165) is 69.3 Å². The number of unbranched alkanes of at least 4 members (excludes halogenated alkanes) is 2. The SMILES string of the molecule is COc1cc2nn(C3CCN(CCCCCOC(N)=O)CC3)cc2cc1NC(=O)c1cccc(C(F)(F)F)n1. The number of fused-ring (bicyclic) bond motifs is 1. The van der Waals surface area contributed by atoms with E-state index in [2.05, 4.69) is 15.2 Å². The van der Waals surface area contributed by atoms with Gasteiger partial charge in [-0.2, -0.15) is 18.3 Å². The molecule has 3 heterocycles. The summed E-state index contributed by atoms with van der Waals surface area (Å²) in [5.74, 6) is -0.442. The molecule has 0 spiro atoms. The number of anilines is 1. The average molecular weight is 549 g/mol. The number of aromatic nitrogens is 3. The van der Waals surface area contributed by atoms with Gasteiger partial charge in [-0.15, -0.1) is 0 Å². The highest BCUT2D eigenvalue weighted by Crippen LogP contribution is 2.32. The summed E-state index contributed by atoms with van der Waals surface area (Å²) >= 11 is 0. The van der Waals surface area contributed by atoms with Gasteiger partial charge in [-0.25, -0.2) is 9.78 Å². The predicted molar refractivity (Wildman–Crippen MR) is 138 cm³/mol. The second-order valence-corrected chi connectivity index (χ2v) is 9.38. The number of pyridine rings is 1. The maximum atomic E-state index is 13.0. The number of ether oxygens (including phenoxy) is 2. The zero-order valence-corrected chi connectivity index (χ0v) is 21.5. The van der Waals surface area contributed by atoms with Crippen molar-refractivity contribution in [3.05, 3.63) is 47.9 Å². The highest BCUT2D eigenvalue weighted by Gasteiger charge is 2.33. The summed E-state index contributed by atoms with van der Waals surface area (Å²) in [6, 6.07) is 6.78. The zero-order chi connectivity index (χ0) is 28.0. The van der Waals surface area contributed by atoms with Crippen molar-refractivity contribution in [2.45, 2.75) is 44.3 Å². The third-order valence-corrected chi connectivity index (χ3v) is 6.66. The number of piperidine rings is 1. The minimum Gasteiger partial charge on any atom is -0.494 e. The number of rotatable bonds is 10. The first-order valence-electron chi connectivity index (χ1n) is 12.7. The molecule has 1 aromatic carbocycles. The van der Waals surface area contributed by atoms with Crippen molar-refractivity contribution in [2.75, 3.05) is 38.7 Å². The van der Waals surface area contributed by atoms with Crippen LogP contribution in [0.15, 0.2) is 36.5 Å². The maximum Gasteiger partial charge on any atom is 0.433 e. The van der Waals surface area contributed by atoms with E-state index in [1.807, 2.05) is 10.9 Å². The maximum absolute atomic E-state index is 13.0. The van der Waals surface area contributed by atoms with E-state index in [1.54, 1.807) is 12.1 Å². The molecule has 1 aliphatic heterocycles. The molecule has 10 nitrogen and oxygen atoms in total. The Morgan fingerprint density at radius 1 is 1.15 bits per heavy atom. The largest absolute Gasteiger partial charge is 0.494 e. The molecule has 0 bridgehead atoms. The van der Waals surface area contributed by atoms with Gasteiger partial charge in [-0.05, 0) is 56.8 Å². The van der Waals surface area contributed by atoms with Gasteiger partial charge in [0.2, 0.25) is 0 Å². The Morgan fingerprint density at radius 2 is 1.92 bits per heavy atom. The van der Waals surface area contributed by atoms with Crippen LogP contribution in [0.3, 0.4) is 0 Å². The standard InChI is InChI=1S/C26H31F3N6O4/c1-38-22-15-20-17(14-21(22)32-24(36)19-6-5-7-23(31-19)26(27,28)29)16-35(33-20)18-8-11-34(12-9-18)10-3-2-4-13-39-25(30)37/h5-7,14-16,18H,2-4,8-13H2,1H3,(H2,30,37)(H,32,36). The number of benzene rings is 1. The van der Waals surface area contributed by atoms with Gasteiger partial charge >= 0.3 is 12.3 Å². The summed E-state index contributed by atoms with van der Waals surface area (Å²) in [7, 11) is 1.44. The minimum atomic E-state index is -4.65. The van der Waals surface area contributed by atoms with Gasteiger partial charge in [0.05, 0.1) is 31.0 Å². The summed E-state index contributed by atoms with van der Waals surface area (Å²) < 4.78 is 51.1. The lowest BCUT2D eigenvalue weighted by atomic mass is 10.0. The number of alkyl halides is 3. The van der Waals surface area contributed by atoms with E-state index in [4.69, 9.17) is 20.3 Å². The van der Waals surface area contributed by atoms with Crippen molar-refractivity contribution in [2.24, 2.45) is 5.73 Å². The summed E-state index contributed by atoms with van der Waals surface area (Å²) in [5.41, 5.74) is 4.46. The normalized spacial score (nSPS) is 14.9. The summed E-state index contributed by atoms with van der Waals surface area (Å²) in [4.78, 5) is 29.1. The lowest BCUT2D eigenvalue weighted by molar-refractivity contribution is -0.141. The molecular formula is C26H31F3N6O4. The van der Waals surface area contributed by atoms with Crippen LogP contribution in [0, 0.1) is 0 Å². The molecule has 210 valence electrons. The lowest BCUT2D eigenvalue weighted by Crippen LogP contribution is -2.35. The Balaban J connectivity index is 1.37. The van der Waals surface area contributed by atoms with Crippen LogP contribution in [0.25, 0.3) is 10.9 Å². The van der Waals surface area contributed by atoms with Crippen LogP contribution in [0.4, 0.5) is 23.7 Å². The molecule has 0 atom stereocenters. The molecule has 0 unspecified atom stereocenters. The monoisotopic (exact) mass is 548 g/mol. The number of amides is 2. The Kier molecular flexibility index (Phi) is 8.90. The third kappa shape index (κ3) is 7.37. The van der Waals surface area contributed by atoms with E-state index in [-0.39, 0.29) is 11.7 Å². The molecule has 39 heavy (non-hydrogen) atoms. The van der Waals surface area contributed by atoms with Crippen molar-refractivity contribution >= 4 is 28.6 Å². The van der Waals surface area contributed by atoms with Gasteiger partial charge in [-0.3, -0.25) is 9.48 Å². The quantitative estimate of drug-likeness (QED) is 0.355. The summed E-state index contributed by atoms with van der Waals surface area (Å²) in [5, 5.41) is 8.09. The molecule has 3 N–H and O–H groups in total. The van der Waals surface area contributed by atoms with Crippen LogP contribution in [0.2, 0.25) is 0 Å². The van der Waals surface area contributed by atoms with Crippen molar-refractivity contribution in [1.29, 1.82) is 0 Å². The number of methoxy groups -OCH3 is 1. The topological polar surface area (TPSA) is 125 Å². The molecule has 0 aliphatic carbocycles. The Bertz CT molecular complexity index is 1300. The second kappa shape index (κ2) is 12.3. The lowest BCUT2D eigenvalue weighted by Gasteiger charge is -2.32. The van der Waals surface area contributed by atoms with Crippen LogP contribution in [-0.4, -0.2) is 65.0 Å². The molecule has 4 rings (SSSR count). The molecule has 0 saturated carbocycles. The van der Waals surface area contributed by atoms with Crippen molar-refractivity contribution in [3.63, 3.8) is 0 Å². The number of hydrogen-bond donors (Lipinski definition) is 2. The number of nitrogens with two attached hydrogens (primary N) is 1. The molecular weight excluding hydrogens is 517 g/mol. The van der Waals surface area contributed by atoms with Crippen LogP contribution in [0.5, 0.6) is 5.75 Å². The minimum absolute atomic E-state index is 0.218. The van der Waals surface area contributed by atoms with Gasteiger partial charge < -0.3 is 25.4 Å². The van der Waals surface area contributed by atoms with E-state index in [9.17, 15) is 22.8 Å². The van der Waals surface area contributed by atoms with Gasteiger partial charge in [0, 0.05) is 30.7 Å². The average Bonchev–Trinajstić information content (AvgIpc) is 3.32. The van der Waals surface area contributed by atoms with Gasteiger partial charge in [0.15, 0.2) is 0 Å². The highest BCUT2D eigenvalue weighted by atomic mass is 19.4. The van der Waals surface area contributed by atoms with Crippen LogP contribution in [0.1, 0.15) is 54.3 Å². The van der Waals surface area contributed by atoms with Crippen molar-refractivity contribution in [1.82, 2.24) is 19.7 Å². The first-order valence-corrected chi connectivity index (χ1v) is 12.7. The van der Waals surface area contributed by atoms with Crippen LogP contribution < -0.4 is 15.8 Å². The fraction of sp³-hybridized carbons (Fsp3) is 0.462. The van der Waals surface area contributed by atoms with E-state index in [0.29, 0.717) is 23.6 Å². The number of halogens is 3. The number of carbonyl (C=O) groups excluding carboxylic acids is 2. The molecule has 1 saturated heterocycles. The van der Waals surface area contributed by atoms with Crippen LogP contribution >= 0.6 is 0 Å². The molecule has 3 aromatic rings. The van der Waals surface area contributed by atoms with E-state index < -0.39 is 23.9 Å². The van der Waals surface area contributed by atoms with Crippen LogP contribution in [-0.2, 0) is 10.9 Å². The van der Waals surface area contributed by atoms with Gasteiger partial charge in [0.25, 0.3) is 5.91 Å². The zero-order valence-electron chi connectivity index (χ0n) is 21.5. The molecule has 1 fully saturated rings. The van der Waals surface area contributed by atoms with Crippen molar-refractivity contribution < 1.29 is 32.2 Å². The second-order valence-electron chi connectivity index (χ2n) is 9.38. The van der Waals surface area contributed by atoms with E-state index in [1.165, 1.54) is 13.2 Å². The highest BCUT2D eigenvalue weighted by molar-refractivity contribution is 6.05.